The zero-order valence-electron chi connectivity index (χ0n) is 12.1. The Morgan fingerprint density at radius 2 is 1.89 bits per heavy atom. The fourth-order valence-corrected chi connectivity index (χ4v) is 2.86. The van der Waals surface area contributed by atoms with Gasteiger partial charge in [-0.25, -0.2) is 0 Å². The van der Waals surface area contributed by atoms with Crippen LogP contribution in [0.25, 0.3) is 0 Å². The maximum atomic E-state index is 9.35. The van der Waals surface area contributed by atoms with E-state index in [0.717, 1.165) is 19.0 Å². The van der Waals surface area contributed by atoms with Gasteiger partial charge in [-0.3, -0.25) is 4.90 Å². The number of piperidine rings is 1. The lowest BCUT2D eigenvalue weighted by Gasteiger charge is -2.36. The molecular formula is C16H26N2O. The molecule has 1 aromatic rings. The van der Waals surface area contributed by atoms with E-state index in [1.54, 1.807) is 12.1 Å². The van der Waals surface area contributed by atoms with E-state index in [-0.39, 0.29) is 0 Å². The van der Waals surface area contributed by atoms with Gasteiger partial charge in [0.25, 0.3) is 0 Å². The number of phenolic OH excluding ortho intramolecular Hbond substituents is 1. The first-order valence-corrected chi connectivity index (χ1v) is 7.44. The van der Waals surface area contributed by atoms with Crippen LogP contribution in [0.3, 0.4) is 0 Å². The smallest absolute Gasteiger partial charge is 0.115 e. The van der Waals surface area contributed by atoms with Crippen LogP contribution in [-0.4, -0.2) is 36.2 Å². The molecule has 1 unspecified atom stereocenters. The van der Waals surface area contributed by atoms with Crippen LogP contribution in [0.15, 0.2) is 24.3 Å². The molecule has 1 atom stereocenters. The van der Waals surface area contributed by atoms with Gasteiger partial charge in [-0.15, -0.1) is 0 Å². The van der Waals surface area contributed by atoms with Crippen LogP contribution in [0.2, 0.25) is 0 Å². The highest BCUT2D eigenvalue weighted by Gasteiger charge is 2.23. The molecule has 19 heavy (non-hydrogen) atoms. The number of aromatic hydroxyl groups is 1. The SMILES string of the molecule is CCNCC1CCN(C(C)c2ccc(O)cc2)CC1. The summed E-state index contributed by atoms with van der Waals surface area (Å²) in [4.78, 5) is 2.55. The lowest BCUT2D eigenvalue weighted by Crippen LogP contribution is -2.38. The highest BCUT2D eigenvalue weighted by molar-refractivity contribution is 5.27. The molecule has 0 spiro atoms. The normalized spacial score (nSPS) is 19.5. The van der Waals surface area contributed by atoms with E-state index >= 15 is 0 Å². The molecule has 106 valence electrons. The van der Waals surface area contributed by atoms with Crippen molar-refractivity contribution in [2.24, 2.45) is 5.92 Å². The average Bonchev–Trinajstić information content (AvgIpc) is 2.46. The number of rotatable bonds is 5. The predicted molar refractivity (Wildman–Crippen MR) is 79.4 cm³/mol. The molecule has 0 saturated carbocycles. The fourth-order valence-electron chi connectivity index (χ4n) is 2.86. The largest absolute Gasteiger partial charge is 0.508 e. The highest BCUT2D eigenvalue weighted by Crippen LogP contribution is 2.27. The molecule has 1 heterocycles. The fraction of sp³-hybridized carbons (Fsp3) is 0.625. The van der Waals surface area contributed by atoms with E-state index in [2.05, 4.69) is 24.1 Å². The van der Waals surface area contributed by atoms with Crippen molar-refractivity contribution in [3.05, 3.63) is 29.8 Å². The van der Waals surface area contributed by atoms with Gasteiger partial charge in [-0.1, -0.05) is 19.1 Å². The second kappa shape index (κ2) is 6.92. The molecule has 0 radical (unpaired) electrons. The Morgan fingerprint density at radius 1 is 1.26 bits per heavy atom. The van der Waals surface area contributed by atoms with Gasteiger partial charge in [0, 0.05) is 6.04 Å². The molecule has 1 saturated heterocycles. The van der Waals surface area contributed by atoms with Crippen LogP contribution < -0.4 is 5.32 Å². The van der Waals surface area contributed by atoms with Gasteiger partial charge < -0.3 is 10.4 Å². The summed E-state index contributed by atoms with van der Waals surface area (Å²) in [5.41, 5.74) is 1.29. The summed E-state index contributed by atoms with van der Waals surface area (Å²) in [5.74, 6) is 1.18. The molecule has 1 aliphatic heterocycles. The molecular weight excluding hydrogens is 236 g/mol. The van der Waals surface area contributed by atoms with E-state index in [9.17, 15) is 5.11 Å². The lowest BCUT2D eigenvalue weighted by molar-refractivity contribution is 0.140. The van der Waals surface area contributed by atoms with Gasteiger partial charge in [0.1, 0.15) is 5.75 Å². The zero-order chi connectivity index (χ0) is 13.7. The first kappa shape index (κ1) is 14.4. The number of nitrogens with one attached hydrogen (secondary N) is 1. The van der Waals surface area contributed by atoms with Crippen molar-refractivity contribution in [2.75, 3.05) is 26.2 Å². The van der Waals surface area contributed by atoms with Crippen LogP contribution in [0, 0.1) is 5.92 Å². The number of hydrogen-bond acceptors (Lipinski definition) is 3. The summed E-state index contributed by atoms with van der Waals surface area (Å²) in [6.45, 7) is 9.03. The molecule has 1 aromatic carbocycles. The van der Waals surface area contributed by atoms with Crippen LogP contribution in [-0.2, 0) is 0 Å². The Labute approximate surface area is 116 Å². The maximum absolute atomic E-state index is 9.35. The third-order valence-electron chi connectivity index (χ3n) is 4.26. The molecule has 3 heteroatoms. The quantitative estimate of drug-likeness (QED) is 0.856. The monoisotopic (exact) mass is 262 g/mol. The van der Waals surface area contributed by atoms with E-state index in [0.29, 0.717) is 11.8 Å². The van der Waals surface area contributed by atoms with Crippen molar-refractivity contribution < 1.29 is 5.11 Å². The van der Waals surface area contributed by atoms with Crippen molar-refractivity contribution in [1.29, 1.82) is 0 Å². The second-order valence-electron chi connectivity index (χ2n) is 5.55. The van der Waals surface area contributed by atoms with Gasteiger partial charge in [-0.2, -0.15) is 0 Å². The van der Waals surface area contributed by atoms with Gasteiger partial charge >= 0.3 is 0 Å². The van der Waals surface area contributed by atoms with Gasteiger partial charge in [0.15, 0.2) is 0 Å². The van der Waals surface area contributed by atoms with Crippen molar-refractivity contribution in [1.82, 2.24) is 10.2 Å². The lowest BCUT2D eigenvalue weighted by atomic mass is 9.94. The topological polar surface area (TPSA) is 35.5 Å². The van der Waals surface area contributed by atoms with Gasteiger partial charge in [0.05, 0.1) is 0 Å². The third kappa shape index (κ3) is 3.95. The summed E-state index contributed by atoms with van der Waals surface area (Å²) in [6, 6.07) is 8.07. The van der Waals surface area contributed by atoms with E-state index in [4.69, 9.17) is 0 Å². The van der Waals surface area contributed by atoms with E-state index < -0.39 is 0 Å². The number of benzene rings is 1. The molecule has 2 rings (SSSR count). The molecule has 2 N–H and O–H groups in total. The molecule has 1 aliphatic rings. The average molecular weight is 262 g/mol. The summed E-state index contributed by atoms with van der Waals surface area (Å²) in [5, 5.41) is 12.8. The van der Waals surface area contributed by atoms with Crippen LogP contribution in [0.4, 0.5) is 0 Å². The van der Waals surface area contributed by atoms with Crippen molar-refractivity contribution >= 4 is 0 Å². The highest BCUT2D eigenvalue weighted by atomic mass is 16.3. The first-order valence-electron chi connectivity index (χ1n) is 7.44. The summed E-state index contributed by atoms with van der Waals surface area (Å²) >= 11 is 0. The zero-order valence-corrected chi connectivity index (χ0v) is 12.1. The van der Waals surface area contributed by atoms with Crippen LogP contribution in [0.5, 0.6) is 5.75 Å². The number of nitrogens with zero attached hydrogens (tertiary/aromatic N) is 1. The molecule has 0 bridgehead atoms. The molecule has 0 amide bonds. The number of phenols is 1. The standard InChI is InChI=1S/C16H26N2O/c1-3-17-12-14-8-10-18(11-9-14)13(2)15-4-6-16(19)7-5-15/h4-7,13-14,17,19H,3,8-12H2,1-2H3. The Balaban J connectivity index is 1.85. The summed E-state index contributed by atoms with van der Waals surface area (Å²) in [6.07, 6.45) is 2.57. The number of hydrogen-bond donors (Lipinski definition) is 2. The number of likely N-dealkylation sites (tertiary alicyclic amines) is 1. The predicted octanol–water partition coefficient (Wildman–Crippen LogP) is 2.77. The molecule has 3 nitrogen and oxygen atoms in total. The third-order valence-corrected chi connectivity index (χ3v) is 4.26. The Bertz CT molecular complexity index is 369. The summed E-state index contributed by atoms with van der Waals surface area (Å²) in [7, 11) is 0. The Hall–Kier alpha value is -1.06. The first-order chi connectivity index (χ1) is 9.20. The van der Waals surface area contributed by atoms with Crippen molar-refractivity contribution in [3.8, 4) is 5.75 Å². The second-order valence-corrected chi connectivity index (χ2v) is 5.55. The van der Waals surface area contributed by atoms with Gasteiger partial charge in [0.2, 0.25) is 0 Å². The molecule has 0 aromatic heterocycles. The minimum Gasteiger partial charge on any atom is -0.508 e. The van der Waals surface area contributed by atoms with Crippen molar-refractivity contribution in [2.45, 2.75) is 32.7 Å². The Morgan fingerprint density at radius 3 is 2.47 bits per heavy atom. The summed E-state index contributed by atoms with van der Waals surface area (Å²) < 4.78 is 0. The van der Waals surface area contributed by atoms with Crippen LogP contribution >= 0.6 is 0 Å². The Kier molecular flexibility index (Phi) is 5.23. The molecule has 1 fully saturated rings. The van der Waals surface area contributed by atoms with Crippen LogP contribution in [0.1, 0.15) is 38.3 Å². The maximum Gasteiger partial charge on any atom is 0.115 e. The van der Waals surface area contributed by atoms with E-state index in [1.807, 2.05) is 12.1 Å². The minimum atomic E-state index is 0.347. The molecule has 0 aliphatic carbocycles. The van der Waals surface area contributed by atoms with Gasteiger partial charge in [-0.05, 0) is 69.6 Å². The van der Waals surface area contributed by atoms with E-state index in [1.165, 1.54) is 31.5 Å². The van der Waals surface area contributed by atoms with Crippen molar-refractivity contribution in [3.63, 3.8) is 0 Å². The minimum absolute atomic E-state index is 0.347.